The second-order valence-corrected chi connectivity index (χ2v) is 6.10. The second kappa shape index (κ2) is 6.66. The molecule has 2 aromatic rings. The molecule has 0 bridgehead atoms. The third kappa shape index (κ3) is 3.50. The number of ketones is 1. The van der Waals surface area contributed by atoms with E-state index < -0.39 is 41.5 Å². The molecule has 1 aliphatic rings. The molecule has 0 aromatic heterocycles. The number of nitrogens with one attached hydrogen (secondary N) is 2. The number of urea groups is 1. The van der Waals surface area contributed by atoms with Gasteiger partial charge in [-0.25, -0.2) is 9.18 Å². The molecular formula is C18H14F4N2O3. The second-order valence-electron chi connectivity index (χ2n) is 6.10. The summed E-state index contributed by atoms with van der Waals surface area (Å²) < 4.78 is 53.0. The van der Waals surface area contributed by atoms with Gasteiger partial charge in [-0.1, -0.05) is 42.5 Å². The molecule has 1 heterocycles. The van der Waals surface area contributed by atoms with Gasteiger partial charge >= 0.3 is 12.2 Å². The molecule has 5 nitrogen and oxygen atoms in total. The monoisotopic (exact) mass is 382 g/mol. The number of hydrogen-bond donors (Lipinski definition) is 3. The summed E-state index contributed by atoms with van der Waals surface area (Å²) in [6.07, 6.45) is -5.27. The van der Waals surface area contributed by atoms with E-state index in [1.54, 1.807) is 6.07 Å². The van der Waals surface area contributed by atoms with Gasteiger partial charge in [0.2, 0.25) is 5.78 Å². The van der Waals surface area contributed by atoms with Crippen molar-refractivity contribution in [3.8, 4) is 0 Å². The number of aliphatic hydroxyl groups is 1. The van der Waals surface area contributed by atoms with Crippen LogP contribution < -0.4 is 10.6 Å². The van der Waals surface area contributed by atoms with Crippen molar-refractivity contribution in [1.29, 1.82) is 0 Å². The molecule has 0 aliphatic carbocycles. The minimum absolute atomic E-state index is 0.0446. The summed E-state index contributed by atoms with van der Waals surface area (Å²) in [4.78, 5) is 24.3. The van der Waals surface area contributed by atoms with Crippen molar-refractivity contribution >= 4 is 11.8 Å². The maximum Gasteiger partial charge on any atom is 0.450 e. The minimum Gasteiger partial charge on any atom is -0.366 e. The fourth-order valence-electron chi connectivity index (χ4n) is 3.16. The maximum atomic E-state index is 13.3. The highest BCUT2D eigenvalue weighted by molar-refractivity contribution is 5.91. The first-order chi connectivity index (χ1) is 12.6. The van der Waals surface area contributed by atoms with Crippen LogP contribution in [0.1, 0.15) is 17.2 Å². The van der Waals surface area contributed by atoms with Gasteiger partial charge in [0.25, 0.3) is 0 Å². The van der Waals surface area contributed by atoms with Crippen LogP contribution in [0.2, 0.25) is 0 Å². The Kier molecular flexibility index (Phi) is 4.64. The number of benzene rings is 2. The molecule has 3 rings (SSSR count). The average Bonchev–Trinajstić information content (AvgIpc) is 2.61. The molecule has 1 aliphatic heterocycles. The quantitative estimate of drug-likeness (QED) is 0.715. The maximum absolute atomic E-state index is 13.3. The molecule has 2 amide bonds. The normalized spacial score (nSPS) is 25.4. The minimum atomic E-state index is -5.27. The largest absolute Gasteiger partial charge is 0.450 e. The van der Waals surface area contributed by atoms with Crippen LogP contribution in [0, 0.1) is 11.7 Å². The lowest BCUT2D eigenvalue weighted by atomic mass is 9.76. The van der Waals surface area contributed by atoms with Crippen molar-refractivity contribution in [3.05, 3.63) is 71.5 Å². The van der Waals surface area contributed by atoms with E-state index in [0.717, 1.165) is 24.3 Å². The van der Waals surface area contributed by atoms with Crippen LogP contribution in [0.3, 0.4) is 0 Å². The number of amides is 2. The van der Waals surface area contributed by atoms with E-state index in [-0.39, 0.29) is 11.1 Å². The Balaban J connectivity index is 2.18. The molecule has 1 fully saturated rings. The van der Waals surface area contributed by atoms with Crippen LogP contribution in [-0.4, -0.2) is 23.1 Å². The van der Waals surface area contributed by atoms with Crippen LogP contribution >= 0.6 is 0 Å². The predicted molar refractivity (Wildman–Crippen MR) is 85.7 cm³/mol. The van der Waals surface area contributed by atoms with Gasteiger partial charge in [0, 0.05) is 5.56 Å². The fraction of sp³-hybridized carbons (Fsp3) is 0.222. The first-order valence-electron chi connectivity index (χ1n) is 7.86. The highest BCUT2D eigenvalue weighted by Gasteiger charge is 2.59. The number of rotatable bonds is 3. The van der Waals surface area contributed by atoms with E-state index in [0.29, 0.717) is 0 Å². The Morgan fingerprint density at radius 2 is 1.63 bits per heavy atom. The van der Waals surface area contributed by atoms with Crippen molar-refractivity contribution < 1.29 is 32.3 Å². The SMILES string of the molecule is O=C1N[C@H](c2ccc(F)cc2)[C@@H](C(=O)C(F)(F)F)[C@](O)(c2ccccc2)N1. The Morgan fingerprint density at radius 1 is 1.04 bits per heavy atom. The Hall–Kier alpha value is -2.94. The molecule has 9 heteroatoms. The van der Waals surface area contributed by atoms with E-state index in [9.17, 15) is 32.3 Å². The van der Waals surface area contributed by atoms with Gasteiger partial charge in [-0.3, -0.25) is 4.79 Å². The summed E-state index contributed by atoms with van der Waals surface area (Å²) in [5.74, 6) is -5.00. The molecule has 0 unspecified atom stereocenters. The molecule has 142 valence electrons. The number of carbonyl (C=O) groups is 2. The van der Waals surface area contributed by atoms with Crippen LogP contribution in [-0.2, 0) is 10.5 Å². The Morgan fingerprint density at radius 3 is 2.19 bits per heavy atom. The summed E-state index contributed by atoms with van der Waals surface area (Å²) in [6.45, 7) is 0. The molecule has 3 N–H and O–H groups in total. The van der Waals surface area contributed by atoms with Gasteiger partial charge in [0.1, 0.15) is 11.7 Å². The Bertz CT molecular complexity index is 855. The van der Waals surface area contributed by atoms with Crippen molar-refractivity contribution in [2.75, 3.05) is 0 Å². The van der Waals surface area contributed by atoms with E-state index in [1.165, 1.54) is 24.3 Å². The van der Waals surface area contributed by atoms with Crippen molar-refractivity contribution in [3.63, 3.8) is 0 Å². The highest BCUT2D eigenvalue weighted by atomic mass is 19.4. The molecule has 2 aromatic carbocycles. The van der Waals surface area contributed by atoms with Gasteiger partial charge in [-0.05, 0) is 17.7 Å². The Labute approximate surface area is 151 Å². The third-order valence-corrected chi connectivity index (χ3v) is 4.38. The summed E-state index contributed by atoms with van der Waals surface area (Å²) >= 11 is 0. The van der Waals surface area contributed by atoms with Crippen molar-refractivity contribution in [2.45, 2.75) is 17.9 Å². The van der Waals surface area contributed by atoms with Crippen LogP contribution in [0.5, 0.6) is 0 Å². The van der Waals surface area contributed by atoms with E-state index in [2.05, 4.69) is 5.32 Å². The lowest BCUT2D eigenvalue weighted by Crippen LogP contribution is -2.66. The standard InChI is InChI=1S/C18H14F4N2O3/c19-12-8-6-10(7-9-12)14-13(15(25)18(20,21)22)17(27,24-16(26)23-14)11-4-2-1-3-5-11/h1-9,13-14,27H,(H2,23,24,26)/t13-,14+,17+/m0/s1. The zero-order valence-electron chi connectivity index (χ0n) is 13.6. The van der Waals surface area contributed by atoms with Gasteiger partial charge in [0.05, 0.1) is 6.04 Å². The van der Waals surface area contributed by atoms with E-state index >= 15 is 0 Å². The van der Waals surface area contributed by atoms with Gasteiger partial charge in [-0.15, -0.1) is 0 Å². The van der Waals surface area contributed by atoms with Crippen molar-refractivity contribution in [1.82, 2.24) is 10.6 Å². The van der Waals surface area contributed by atoms with Crippen LogP contribution in [0.4, 0.5) is 22.4 Å². The topological polar surface area (TPSA) is 78.4 Å². The molecular weight excluding hydrogens is 368 g/mol. The summed E-state index contributed by atoms with van der Waals surface area (Å²) in [5, 5.41) is 15.3. The summed E-state index contributed by atoms with van der Waals surface area (Å²) in [7, 11) is 0. The molecule has 0 radical (unpaired) electrons. The van der Waals surface area contributed by atoms with E-state index in [1.807, 2.05) is 5.32 Å². The van der Waals surface area contributed by atoms with Gasteiger partial charge in [0.15, 0.2) is 5.72 Å². The first-order valence-corrected chi connectivity index (χ1v) is 7.86. The van der Waals surface area contributed by atoms with Gasteiger partial charge < -0.3 is 15.7 Å². The fourth-order valence-corrected chi connectivity index (χ4v) is 3.16. The zero-order chi connectivity index (χ0) is 19.8. The van der Waals surface area contributed by atoms with Gasteiger partial charge in [-0.2, -0.15) is 13.2 Å². The lowest BCUT2D eigenvalue weighted by molar-refractivity contribution is -0.190. The summed E-state index contributed by atoms with van der Waals surface area (Å²) in [5.41, 5.74) is -2.66. The molecule has 1 saturated heterocycles. The lowest BCUT2D eigenvalue weighted by Gasteiger charge is -2.45. The number of halogens is 4. The molecule has 27 heavy (non-hydrogen) atoms. The van der Waals surface area contributed by atoms with Crippen LogP contribution in [0.25, 0.3) is 0 Å². The number of alkyl halides is 3. The number of hydrogen-bond acceptors (Lipinski definition) is 3. The highest BCUT2D eigenvalue weighted by Crippen LogP contribution is 2.42. The first kappa shape index (κ1) is 18.8. The van der Waals surface area contributed by atoms with Crippen LogP contribution in [0.15, 0.2) is 54.6 Å². The molecule has 0 spiro atoms. The predicted octanol–water partition coefficient (Wildman–Crippen LogP) is 2.77. The van der Waals surface area contributed by atoms with E-state index in [4.69, 9.17) is 0 Å². The molecule has 0 saturated carbocycles. The zero-order valence-corrected chi connectivity index (χ0v) is 13.6. The average molecular weight is 382 g/mol. The number of carbonyl (C=O) groups excluding carboxylic acids is 2. The summed E-state index contributed by atoms with van der Waals surface area (Å²) in [6, 6.07) is 8.82. The van der Waals surface area contributed by atoms with Crippen molar-refractivity contribution in [2.24, 2.45) is 5.92 Å². The molecule has 3 atom stereocenters. The third-order valence-electron chi connectivity index (χ3n) is 4.38. The number of Topliss-reactive ketones (excluding diaryl/α,β-unsaturated/α-hetero) is 1. The smallest absolute Gasteiger partial charge is 0.366 e.